The molecule has 0 bridgehead atoms. The second-order valence-electron chi connectivity index (χ2n) is 4.96. The third-order valence-electron chi connectivity index (χ3n) is 3.33. The van der Waals surface area contributed by atoms with Crippen LogP contribution in [-0.4, -0.2) is 18.2 Å². The molecule has 2 heteroatoms. The van der Waals surface area contributed by atoms with Crippen LogP contribution in [0.25, 0.3) is 0 Å². The van der Waals surface area contributed by atoms with Crippen LogP contribution in [0.1, 0.15) is 38.2 Å². The van der Waals surface area contributed by atoms with Crippen molar-refractivity contribution in [2.24, 2.45) is 11.8 Å². The zero-order chi connectivity index (χ0) is 12.6. The molecule has 1 aromatic rings. The Labute approximate surface area is 110 Å². The molecule has 1 saturated carbocycles. The summed E-state index contributed by atoms with van der Waals surface area (Å²) >= 11 is 0. The lowest BCUT2D eigenvalue weighted by atomic mass is 10.1. The van der Waals surface area contributed by atoms with Crippen LogP contribution in [0, 0.1) is 23.7 Å². The van der Waals surface area contributed by atoms with Crippen LogP contribution in [0.4, 0.5) is 0 Å². The Kier molecular flexibility index (Phi) is 5.23. The Morgan fingerprint density at radius 3 is 3.17 bits per heavy atom. The van der Waals surface area contributed by atoms with E-state index in [2.05, 4.69) is 23.7 Å². The predicted molar refractivity (Wildman–Crippen MR) is 73.1 cm³/mol. The molecule has 0 spiro atoms. The Balaban J connectivity index is 1.78. The molecular formula is C16H21NO. The molecule has 2 nitrogen and oxygen atoms in total. The van der Waals surface area contributed by atoms with Gasteiger partial charge in [0.15, 0.2) is 0 Å². The first-order valence-corrected chi connectivity index (χ1v) is 6.87. The van der Waals surface area contributed by atoms with E-state index in [9.17, 15) is 0 Å². The maximum Gasteiger partial charge on any atom is 0.0494 e. The summed E-state index contributed by atoms with van der Waals surface area (Å²) in [6, 6.07) is 3.94. The molecule has 0 saturated heterocycles. The molecule has 0 radical (unpaired) electrons. The Hall–Kier alpha value is -1.33. The normalized spacial score (nSPS) is 22.5. The van der Waals surface area contributed by atoms with Crippen molar-refractivity contribution >= 4 is 0 Å². The van der Waals surface area contributed by atoms with E-state index in [0.29, 0.717) is 11.8 Å². The molecule has 0 aromatic carbocycles. The van der Waals surface area contributed by atoms with E-state index in [1.165, 1.54) is 19.3 Å². The van der Waals surface area contributed by atoms with Crippen molar-refractivity contribution in [3.63, 3.8) is 0 Å². The lowest BCUT2D eigenvalue weighted by Crippen LogP contribution is -2.06. The summed E-state index contributed by atoms with van der Waals surface area (Å²) in [6.45, 7) is 3.96. The predicted octanol–water partition coefficient (Wildman–Crippen LogP) is 3.28. The number of rotatable bonds is 4. The molecule has 0 N–H and O–H groups in total. The third-order valence-corrected chi connectivity index (χ3v) is 3.33. The molecule has 96 valence electrons. The van der Waals surface area contributed by atoms with Crippen molar-refractivity contribution in [2.45, 2.75) is 32.6 Å². The van der Waals surface area contributed by atoms with Crippen molar-refractivity contribution in [1.82, 2.24) is 4.98 Å². The molecule has 18 heavy (non-hydrogen) atoms. The molecule has 1 aliphatic rings. The highest BCUT2D eigenvalue weighted by molar-refractivity contribution is 5.31. The molecule has 0 aliphatic heterocycles. The van der Waals surface area contributed by atoms with Gasteiger partial charge in [0.05, 0.1) is 0 Å². The summed E-state index contributed by atoms with van der Waals surface area (Å²) in [6.07, 6.45) is 8.38. The second-order valence-corrected chi connectivity index (χ2v) is 4.96. The Morgan fingerprint density at radius 1 is 1.44 bits per heavy atom. The monoisotopic (exact) mass is 243 g/mol. The van der Waals surface area contributed by atoms with Crippen LogP contribution < -0.4 is 0 Å². The Bertz CT molecular complexity index is 404. The van der Waals surface area contributed by atoms with Crippen LogP contribution in [-0.2, 0) is 4.74 Å². The van der Waals surface area contributed by atoms with Crippen molar-refractivity contribution in [2.75, 3.05) is 13.2 Å². The van der Waals surface area contributed by atoms with Crippen LogP contribution in [0.5, 0.6) is 0 Å². The minimum Gasteiger partial charge on any atom is -0.381 e. The molecule has 0 amide bonds. The summed E-state index contributed by atoms with van der Waals surface area (Å²) < 4.78 is 5.62. The van der Waals surface area contributed by atoms with Crippen molar-refractivity contribution in [3.05, 3.63) is 30.1 Å². The first-order valence-electron chi connectivity index (χ1n) is 6.87. The second kappa shape index (κ2) is 7.18. The van der Waals surface area contributed by atoms with E-state index in [0.717, 1.165) is 25.2 Å². The highest BCUT2D eigenvalue weighted by atomic mass is 16.5. The van der Waals surface area contributed by atoms with Crippen molar-refractivity contribution in [3.8, 4) is 11.8 Å². The van der Waals surface area contributed by atoms with Crippen molar-refractivity contribution < 1.29 is 4.74 Å². The third kappa shape index (κ3) is 4.16. The van der Waals surface area contributed by atoms with Gasteiger partial charge in [0.2, 0.25) is 0 Å². The molecule has 2 unspecified atom stereocenters. The minimum atomic E-state index is 0.542. The number of pyridine rings is 1. The van der Waals surface area contributed by atoms with Crippen LogP contribution >= 0.6 is 0 Å². The summed E-state index contributed by atoms with van der Waals surface area (Å²) in [7, 11) is 0. The average Bonchev–Trinajstić information content (AvgIpc) is 2.86. The van der Waals surface area contributed by atoms with Gasteiger partial charge in [-0.3, -0.25) is 4.98 Å². The van der Waals surface area contributed by atoms with E-state index in [1.807, 2.05) is 18.3 Å². The topological polar surface area (TPSA) is 22.1 Å². The maximum absolute atomic E-state index is 5.62. The number of aromatic nitrogens is 1. The van der Waals surface area contributed by atoms with Gasteiger partial charge in [-0.15, -0.1) is 0 Å². The summed E-state index contributed by atoms with van der Waals surface area (Å²) in [5.41, 5.74) is 1.02. The first-order chi connectivity index (χ1) is 8.88. The number of hydrogen-bond donors (Lipinski definition) is 0. The summed E-state index contributed by atoms with van der Waals surface area (Å²) in [5, 5.41) is 0. The fourth-order valence-corrected chi connectivity index (χ4v) is 2.37. The molecule has 1 heterocycles. The summed E-state index contributed by atoms with van der Waals surface area (Å²) in [5.74, 6) is 7.85. The van der Waals surface area contributed by atoms with E-state index in [1.54, 1.807) is 6.20 Å². The number of ether oxygens (including phenoxy) is 1. The van der Waals surface area contributed by atoms with E-state index in [-0.39, 0.29) is 0 Å². The molecule has 2 rings (SSSR count). The minimum absolute atomic E-state index is 0.542. The number of hydrogen-bond acceptors (Lipinski definition) is 2. The number of nitrogens with zero attached hydrogens (tertiary/aromatic N) is 1. The first kappa shape index (κ1) is 13.1. The molecule has 1 aliphatic carbocycles. The Morgan fingerprint density at radius 2 is 2.39 bits per heavy atom. The largest absolute Gasteiger partial charge is 0.381 e. The lowest BCUT2D eigenvalue weighted by Gasteiger charge is -2.08. The smallest absolute Gasteiger partial charge is 0.0494 e. The van der Waals surface area contributed by atoms with Gasteiger partial charge in [0.1, 0.15) is 0 Å². The lowest BCUT2D eigenvalue weighted by molar-refractivity contribution is 0.101. The van der Waals surface area contributed by atoms with E-state index >= 15 is 0 Å². The van der Waals surface area contributed by atoms with Crippen molar-refractivity contribution in [1.29, 1.82) is 0 Å². The summed E-state index contributed by atoms with van der Waals surface area (Å²) in [4.78, 5) is 4.07. The molecular weight excluding hydrogens is 222 g/mol. The van der Waals surface area contributed by atoms with Gasteiger partial charge >= 0.3 is 0 Å². The van der Waals surface area contributed by atoms with Crippen LogP contribution in [0.3, 0.4) is 0 Å². The quantitative estimate of drug-likeness (QED) is 0.598. The van der Waals surface area contributed by atoms with Gasteiger partial charge < -0.3 is 4.74 Å². The zero-order valence-corrected chi connectivity index (χ0v) is 11.1. The van der Waals surface area contributed by atoms with Gasteiger partial charge in [-0.25, -0.2) is 0 Å². The average molecular weight is 243 g/mol. The molecule has 2 atom stereocenters. The van der Waals surface area contributed by atoms with Gasteiger partial charge in [-0.2, -0.15) is 0 Å². The van der Waals surface area contributed by atoms with E-state index in [4.69, 9.17) is 4.74 Å². The van der Waals surface area contributed by atoms with Crippen LogP contribution in [0.2, 0.25) is 0 Å². The van der Waals surface area contributed by atoms with Gasteiger partial charge in [0.25, 0.3) is 0 Å². The highest BCUT2D eigenvalue weighted by Crippen LogP contribution is 2.30. The molecule has 1 aromatic heterocycles. The van der Waals surface area contributed by atoms with Crippen LogP contribution in [0.15, 0.2) is 24.5 Å². The fraction of sp³-hybridized carbons (Fsp3) is 0.562. The van der Waals surface area contributed by atoms with Gasteiger partial charge in [-0.1, -0.05) is 18.8 Å². The van der Waals surface area contributed by atoms with Gasteiger partial charge in [0, 0.05) is 37.1 Å². The highest BCUT2D eigenvalue weighted by Gasteiger charge is 2.23. The van der Waals surface area contributed by atoms with Gasteiger partial charge in [-0.05, 0) is 43.7 Å². The van der Waals surface area contributed by atoms with E-state index < -0.39 is 0 Å². The standard InChI is InChI=1S/C16H21NO/c1-2-10-18-13-16-8-6-14(11-16)5-7-15-4-3-9-17-12-15/h3-4,9,12,14,16H,2,6,8,10-11,13H2,1H3. The maximum atomic E-state index is 5.62. The molecule has 1 fully saturated rings. The fourth-order valence-electron chi connectivity index (χ4n) is 2.37. The SMILES string of the molecule is CCCOCC1CCC(C#Cc2cccnc2)C1. The zero-order valence-electron chi connectivity index (χ0n) is 11.1.